The lowest BCUT2D eigenvalue weighted by atomic mass is 10.4. The summed E-state index contributed by atoms with van der Waals surface area (Å²) in [5.41, 5.74) is 0. The first-order valence-electron chi connectivity index (χ1n) is 4.72. The third-order valence-electron chi connectivity index (χ3n) is 1.76. The van der Waals surface area contributed by atoms with Crippen LogP contribution in [0.3, 0.4) is 0 Å². The number of carbonyl (C=O) groups excluding carboxylic acids is 2. The van der Waals surface area contributed by atoms with Gasteiger partial charge >= 0.3 is 5.97 Å². The molecule has 0 atom stereocenters. The maximum atomic E-state index is 11.2. The number of carbonyl (C=O) groups is 2. The number of amides is 1. The monoisotopic (exact) mass is 239 g/mol. The Morgan fingerprint density at radius 2 is 2.25 bits per heavy atom. The van der Waals surface area contributed by atoms with Gasteiger partial charge in [0.15, 0.2) is 0 Å². The molecule has 16 heavy (non-hydrogen) atoms. The third-order valence-corrected chi connectivity index (χ3v) is 2.79. The molecule has 0 saturated carbocycles. The van der Waals surface area contributed by atoms with Crippen molar-refractivity contribution in [1.82, 2.24) is 5.32 Å². The van der Waals surface area contributed by atoms with Crippen molar-refractivity contribution in [3.63, 3.8) is 0 Å². The highest BCUT2D eigenvalue weighted by Gasteiger charge is 2.06. The fourth-order valence-corrected chi connectivity index (χ4v) is 1.89. The standard InChI is InChI=1S/C11H13NO3S/c1-8(13)12-7-3-4-9-5-6-10(16-9)11(14)15-2/h3-6H,7H2,1-2H3,(H,12,13). The molecular weight excluding hydrogens is 226 g/mol. The molecule has 1 N–H and O–H groups in total. The number of methoxy groups -OCH3 is 1. The summed E-state index contributed by atoms with van der Waals surface area (Å²) in [4.78, 5) is 23.3. The molecule has 0 fully saturated rings. The average Bonchev–Trinajstić information content (AvgIpc) is 2.71. The maximum absolute atomic E-state index is 11.2. The molecule has 0 aliphatic rings. The highest BCUT2D eigenvalue weighted by Crippen LogP contribution is 2.18. The lowest BCUT2D eigenvalue weighted by molar-refractivity contribution is -0.118. The predicted molar refractivity (Wildman–Crippen MR) is 63.4 cm³/mol. The predicted octanol–water partition coefficient (Wildman–Crippen LogP) is 1.68. The number of ether oxygens (including phenoxy) is 1. The number of esters is 1. The smallest absolute Gasteiger partial charge is 0.348 e. The first-order chi connectivity index (χ1) is 7.63. The van der Waals surface area contributed by atoms with Gasteiger partial charge in [-0.25, -0.2) is 4.79 Å². The lowest BCUT2D eigenvalue weighted by Gasteiger charge is -1.93. The average molecular weight is 239 g/mol. The van der Waals surface area contributed by atoms with Crippen molar-refractivity contribution < 1.29 is 14.3 Å². The van der Waals surface area contributed by atoms with Gasteiger partial charge in [0.05, 0.1) is 7.11 Å². The molecule has 0 saturated heterocycles. The van der Waals surface area contributed by atoms with Gasteiger partial charge in [0, 0.05) is 18.3 Å². The zero-order chi connectivity index (χ0) is 12.0. The molecule has 0 bridgehead atoms. The fraction of sp³-hybridized carbons (Fsp3) is 0.273. The van der Waals surface area contributed by atoms with E-state index in [0.717, 1.165) is 4.88 Å². The topological polar surface area (TPSA) is 55.4 Å². The Morgan fingerprint density at radius 1 is 1.50 bits per heavy atom. The zero-order valence-corrected chi connectivity index (χ0v) is 9.97. The van der Waals surface area contributed by atoms with Gasteiger partial charge in [0.25, 0.3) is 0 Å². The number of rotatable bonds is 4. The van der Waals surface area contributed by atoms with E-state index in [1.165, 1.54) is 25.4 Å². The Hall–Kier alpha value is -1.62. The molecular formula is C11H13NO3S. The molecule has 1 aromatic heterocycles. The van der Waals surface area contributed by atoms with E-state index in [4.69, 9.17) is 0 Å². The van der Waals surface area contributed by atoms with Crippen molar-refractivity contribution in [2.24, 2.45) is 0 Å². The van der Waals surface area contributed by atoms with Gasteiger partial charge in [-0.05, 0) is 18.2 Å². The summed E-state index contributed by atoms with van der Waals surface area (Å²) in [6.45, 7) is 1.95. The van der Waals surface area contributed by atoms with E-state index in [-0.39, 0.29) is 11.9 Å². The second-order valence-electron chi connectivity index (χ2n) is 3.03. The highest BCUT2D eigenvalue weighted by molar-refractivity contribution is 7.14. The summed E-state index contributed by atoms with van der Waals surface area (Å²) < 4.78 is 4.60. The molecule has 0 aromatic carbocycles. The molecule has 0 spiro atoms. The normalized spacial score (nSPS) is 10.4. The molecule has 1 heterocycles. The Balaban J connectivity index is 2.52. The molecule has 1 rings (SSSR count). The van der Waals surface area contributed by atoms with Crippen molar-refractivity contribution in [3.8, 4) is 0 Å². The molecule has 0 radical (unpaired) electrons. The summed E-state index contributed by atoms with van der Waals surface area (Å²) >= 11 is 1.35. The minimum atomic E-state index is -0.327. The Kier molecular flexibility index (Phi) is 4.72. The van der Waals surface area contributed by atoms with Crippen molar-refractivity contribution in [2.75, 3.05) is 13.7 Å². The van der Waals surface area contributed by atoms with Gasteiger partial charge in [0.1, 0.15) is 4.88 Å². The SMILES string of the molecule is COC(=O)c1ccc(C=CCNC(C)=O)s1. The second-order valence-corrected chi connectivity index (χ2v) is 4.15. The quantitative estimate of drug-likeness (QED) is 0.813. The van der Waals surface area contributed by atoms with Crippen LogP contribution in [0.4, 0.5) is 0 Å². The maximum Gasteiger partial charge on any atom is 0.348 e. The van der Waals surface area contributed by atoms with Crippen LogP contribution in [-0.4, -0.2) is 25.5 Å². The largest absolute Gasteiger partial charge is 0.465 e. The molecule has 86 valence electrons. The Labute approximate surface area is 97.9 Å². The summed E-state index contributed by atoms with van der Waals surface area (Å²) in [5, 5.41) is 2.64. The highest BCUT2D eigenvalue weighted by atomic mass is 32.1. The van der Waals surface area contributed by atoms with E-state index in [2.05, 4.69) is 10.1 Å². The van der Waals surface area contributed by atoms with Gasteiger partial charge in [0.2, 0.25) is 5.91 Å². The van der Waals surface area contributed by atoms with Crippen molar-refractivity contribution in [2.45, 2.75) is 6.92 Å². The minimum Gasteiger partial charge on any atom is -0.465 e. The van der Waals surface area contributed by atoms with Gasteiger partial charge in [-0.2, -0.15) is 0 Å². The molecule has 0 unspecified atom stereocenters. The molecule has 0 aliphatic heterocycles. The molecule has 1 aromatic rings. The molecule has 4 nitrogen and oxygen atoms in total. The van der Waals surface area contributed by atoms with E-state index in [9.17, 15) is 9.59 Å². The van der Waals surface area contributed by atoms with E-state index in [0.29, 0.717) is 11.4 Å². The summed E-state index contributed by atoms with van der Waals surface area (Å²) in [6.07, 6.45) is 3.68. The summed E-state index contributed by atoms with van der Waals surface area (Å²) in [7, 11) is 1.36. The third kappa shape index (κ3) is 3.86. The van der Waals surface area contributed by atoms with Crippen molar-refractivity contribution in [1.29, 1.82) is 0 Å². The van der Waals surface area contributed by atoms with Crippen LogP contribution in [-0.2, 0) is 9.53 Å². The van der Waals surface area contributed by atoms with Crippen LogP contribution in [0.15, 0.2) is 18.2 Å². The Morgan fingerprint density at radius 3 is 2.88 bits per heavy atom. The molecule has 1 amide bonds. The van der Waals surface area contributed by atoms with Gasteiger partial charge in [-0.3, -0.25) is 4.79 Å². The number of thiophene rings is 1. The van der Waals surface area contributed by atoms with Crippen LogP contribution >= 0.6 is 11.3 Å². The van der Waals surface area contributed by atoms with Gasteiger partial charge < -0.3 is 10.1 Å². The van der Waals surface area contributed by atoms with Crippen LogP contribution in [0.2, 0.25) is 0 Å². The number of nitrogens with one attached hydrogen (secondary N) is 1. The van der Waals surface area contributed by atoms with Crippen LogP contribution in [0.1, 0.15) is 21.5 Å². The first-order valence-corrected chi connectivity index (χ1v) is 5.54. The summed E-state index contributed by atoms with van der Waals surface area (Å²) in [6, 6.07) is 3.55. The number of hydrogen-bond acceptors (Lipinski definition) is 4. The number of hydrogen-bond donors (Lipinski definition) is 1. The van der Waals surface area contributed by atoms with Gasteiger partial charge in [-0.15, -0.1) is 11.3 Å². The van der Waals surface area contributed by atoms with E-state index >= 15 is 0 Å². The van der Waals surface area contributed by atoms with E-state index < -0.39 is 0 Å². The zero-order valence-electron chi connectivity index (χ0n) is 9.15. The molecule has 5 heteroatoms. The fourth-order valence-electron chi connectivity index (χ4n) is 1.03. The van der Waals surface area contributed by atoms with Crippen molar-refractivity contribution >= 4 is 29.3 Å². The van der Waals surface area contributed by atoms with Gasteiger partial charge in [-0.1, -0.05) is 6.08 Å². The first kappa shape index (κ1) is 12.4. The van der Waals surface area contributed by atoms with Crippen LogP contribution in [0.5, 0.6) is 0 Å². The van der Waals surface area contributed by atoms with Crippen LogP contribution in [0.25, 0.3) is 6.08 Å². The van der Waals surface area contributed by atoms with Crippen molar-refractivity contribution in [3.05, 3.63) is 28.0 Å². The lowest BCUT2D eigenvalue weighted by Crippen LogP contribution is -2.19. The minimum absolute atomic E-state index is 0.0638. The molecule has 0 aliphatic carbocycles. The van der Waals surface area contributed by atoms with E-state index in [1.54, 1.807) is 6.07 Å². The van der Waals surface area contributed by atoms with Crippen LogP contribution in [0, 0.1) is 0 Å². The van der Waals surface area contributed by atoms with E-state index in [1.807, 2.05) is 18.2 Å². The summed E-state index contributed by atoms with van der Waals surface area (Å²) in [5.74, 6) is -0.391. The Bertz CT molecular complexity index is 409. The second kappa shape index (κ2) is 6.07. The van der Waals surface area contributed by atoms with Crippen LogP contribution < -0.4 is 5.32 Å².